The number of likely N-dealkylation sites (tertiary alicyclic amines) is 1. The van der Waals surface area contributed by atoms with Gasteiger partial charge in [0.1, 0.15) is 29.5 Å². The van der Waals surface area contributed by atoms with Crippen molar-refractivity contribution in [2.24, 2.45) is 5.92 Å². The lowest BCUT2D eigenvalue weighted by Gasteiger charge is -2.33. The fraction of sp³-hybridized carbons (Fsp3) is 0.467. The van der Waals surface area contributed by atoms with Crippen molar-refractivity contribution in [2.45, 2.75) is 66.6 Å². The summed E-state index contributed by atoms with van der Waals surface area (Å²) < 4.78 is 19.8. The second-order valence-corrected chi connectivity index (χ2v) is 10.9. The third-order valence-electron chi connectivity index (χ3n) is 6.45. The smallest absolute Gasteiger partial charge is 0.410 e. The molecule has 7 heteroatoms. The number of carbonyl (C=O) groups is 1. The van der Waals surface area contributed by atoms with Crippen LogP contribution in [-0.2, 0) is 11.3 Å². The number of nitrogens with zero attached hydrogens (tertiary/aromatic N) is 3. The summed E-state index contributed by atoms with van der Waals surface area (Å²) in [6.45, 7) is 14.3. The van der Waals surface area contributed by atoms with E-state index in [1.807, 2.05) is 45.0 Å². The Morgan fingerprint density at radius 3 is 2.24 bits per heavy atom. The third kappa shape index (κ3) is 7.28. The molecule has 1 aromatic carbocycles. The molecular formula is C30H39N3O4. The van der Waals surface area contributed by atoms with E-state index in [0.29, 0.717) is 32.2 Å². The van der Waals surface area contributed by atoms with E-state index >= 15 is 0 Å². The highest BCUT2D eigenvalue weighted by Gasteiger charge is 2.27. The molecule has 0 aliphatic carbocycles. The van der Waals surface area contributed by atoms with E-state index in [2.05, 4.69) is 49.6 Å². The van der Waals surface area contributed by atoms with Crippen molar-refractivity contribution in [1.29, 1.82) is 0 Å². The zero-order valence-electron chi connectivity index (χ0n) is 22.9. The normalized spacial score (nSPS) is 14.5. The van der Waals surface area contributed by atoms with Gasteiger partial charge in [-0.25, -0.2) is 9.78 Å². The van der Waals surface area contributed by atoms with E-state index in [9.17, 15) is 4.79 Å². The molecule has 7 nitrogen and oxygen atoms in total. The predicted octanol–water partition coefficient (Wildman–Crippen LogP) is 6.40. The highest BCUT2D eigenvalue weighted by Crippen LogP contribution is 2.25. The number of carbonyl (C=O) groups excluding carboxylic acids is 1. The summed E-state index contributed by atoms with van der Waals surface area (Å²) in [7, 11) is 0. The number of aryl methyl sites for hydroxylation is 3. The topological polar surface area (TPSA) is 65.8 Å². The van der Waals surface area contributed by atoms with Crippen molar-refractivity contribution in [3.05, 3.63) is 71.2 Å². The average molecular weight is 506 g/mol. The maximum absolute atomic E-state index is 12.3. The fourth-order valence-electron chi connectivity index (χ4n) is 4.57. The van der Waals surface area contributed by atoms with Crippen LogP contribution < -0.4 is 9.47 Å². The molecule has 0 bridgehead atoms. The van der Waals surface area contributed by atoms with Crippen molar-refractivity contribution >= 4 is 6.09 Å². The molecule has 3 heterocycles. The van der Waals surface area contributed by atoms with Gasteiger partial charge in [-0.05, 0) is 102 Å². The van der Waals surface area contributed by atoms with Gasteiger partial charge >= 0.3 is 6.09 Å². The van der Waals surface area contributed by atoms with Crippen LogP contribution in [0.3, 0.4) is 0 Å². The van der Waals surface area contributed by atoms with Gasteiger partial charge < -0.3 is 23.7 Å². The van der Waals surface area contributed by atoms with Gasteiger partial charge in [0.2, 0.25) is 0 Å². The molecule has 0 atom stereocenters. The number of ether oxygens (including phenoxy) is 3. The van der Waals surface area contributed by atoms with Crippen LogP contribution in [0.25, 0.3) is 5.82 Å². The minimum absolute atomic E-state index is 0.231. The Morgan fingerprint density at radius 2 is 1.59 bits per heavy atom. The molecular weight excluding hydrogens is 466 g/mol. The molecule has 0 unspecified atom stereocenters. The minimum Gasteiger partial charge on any atom is -0.493 e. The molecule has 0 N–H and O–H groups in total. The molecule has 1 aliphatic heterocycles. The highest BCUT2D eigenvalue weighted by molar-refractivity contribution is 5.68. The molecule has 3 aromatic rings. The van der Waals surface area contributed by atoms with Crippen LogP contribution in [0, 0.1) is 26.7 Å². The van der Waals surface area contributed by atoms with Crippen LogP contribution in [0.4, 0.5) is 4.79 Å². The maximum Gasteiger partial charge on any atom is 0.410 e. The number of amides is 1. The molecule has 0 saturated carbocycles. The lowest BCUT2D eigenvalue weighted by molar-refractivity contribution is 0.0165. The summed E-state index contributed by atoms with van der Waals surface area (Å²) in [5.74, 6) is 2.84. The number of benzene rings is 1. The monoisotopic (exact) mass is 505 g/mol. The summed E-state index contributed by atoms with van der Waals surface area (Å²) in [5, 5.41) is 0. The van der Waals surface area contributed by atoms with Crippen molar-refractivity contribution in [2.75, 3.05) is 19.7 Å². The minimum atomic E-state index is -0.470. The number of rotatable bonds is 7. The average Bonchev–Trinajstić information content (AvgIpc) is 3.18. The van der Waals surface area contributed by atoms with Crippen LogP contribution in [0.1, 0.15) is 56.3 Å². The number of pyridine rings is 1. The highest BCUT2D eigenvalue weighted by atomic mass is 16.6. The Kier molecular flexibility index (Phi) is 8.10. The van der Waals surface area contributed by atoms with Crippen LogP contribution in [0.5, 0.6) is 11.5 Å². The van der Waals surface area contributed by atoms with Gasteiger partial charge in [-0.1, -0.05) is 6.07 Å². The van der Waals surface area contributed by atoms with Crippen LogP contribution in [0.15, 0.2) is 48.5 Å². The first-order chi connectivity index (χ1) is 17.6. The maximum atomic E-state index is 12.3. The van der Waals surface area contributed by atoms with Crippen molar-refractivity contribution in [3.63, 3.8) is 0 Å². The van der Waals surface area contributed by atoms with E-state index in [0.717, 1.165) is 52.8 Å². The largest absolute Gasteiger partial charge is 0.493 e. The third-order valence-corrected chi connectivity index (χ3v) is 6.45. The van der Waals surface area contributed by atoms with Crippen LogP contribution in [0.2, 0.25) is 0 Å². The molecule has 1 amide bonds. The summed E-state index contributed by atoms with van der Waals surface area (Å²) in [6, 6.07) is 16.1. The lowest BCUT2D eigenvalue weighted by Crippen LogP contribution is -2.42. The molecule has 1 saturated heterocycles. The van der Waals surface area contributed by atoms with E-state index in [1.165, 1.54) is 0 Å². The van der Waals surface area contributed by atoms with Crippen LogP contribution >= 0.6 is 0 Å². The van der Waals surface area contributed by atoms with Gasteiger partial charge in [0.25, 0.3) is 0 Å². The summed E-state index contributed by atoms with van der Waals surface area (Å²) in [5.41, 5.74) is 3.87. The second-order valence-electron chi connectivity index (χ2n) is 10.9. The van der Waals surface area contributed by atoms with Crippen molar-refractivity contribution in [3.8, 4) is 17.3 Å². The quantitative estimate of drug-likeness (QED) is 0.372. The van der Waals surface area contributed by atoms with Crippen molar-refractivity contribution in [1.82, 2.24) is 14.5 Å². The Hall–Kier alpha value is -3.48. The zero-order chi connectivity index (χ0) is 26.6. The number of aromatic nitrogens is 2. The summed E-state index contributed by atoms with van der Waals surface area (Å²) in [6.07, 6.45) is 1.57. The Morgan fingerprint density at radius 1 is 0.946 bits per heavy atom. The van der Waals surface area contributed by atoms with Gasteiger partial charge in [0.05, 0.1) is 12.3 Å². The first kappa shape index (κ1) is 26.6. The number of piperidine rings is 1. The van der Waals surface area contributed by atoms with Gasteiger partial charge in [-0.3, -0.25) is 0 Å². The Bertz CT molecular complexity index is 1200. The van der Waals surface area contributed by atoms with Gasteiger partial charge in [-0.15, -0.1) is 0 Å². The van der Waals surface area contributed by atoms with Gasteiger partial charge in [-0.2, -0.15) is 0 Å². The summed E-state index contributed by atoms with van der Waals surface area (Å²) in [4.78, 5) is 18.9. The van der Waals surface area contributed by atoms with E-state index in [4.69, 9.17) is 19.2 Å². The van der Waals surface area contributed by atoms with E-state index in [-0.39, 0.29) is 6.09 Å². The molecule has 0 spiro atoms. The zero-order valence-corrected chi connectivity index (χ0v) is 22.9. The molecule has 4 rings (SSSR count). The predicted molar refractivity (Wildman–Crippen MR) is 145 cm³/mol. The fourth-order valence-corrected chi connectivity index (χ4v) is 4.57. The Labute approximate surface area is 220 Å². The van der Waals surface area contributed by atoms with E-state index < -0.39 is 5.60 Å². The SMILES string of the molecule is Cc1cc(COc2cccc(OCC3CCN(C(=O)OC(C)(C)C)CC3)c2)nc(-n2c(C)ccc2C)c1. The first-order valence-electron chi connectivity index (χ1n) is 13.0. The second kappa shape index (κ2) is 11.3. The van der Waals surface area contributed by atoms with Crippen molar-refractivity contribution < 1.29 is 19.0 Å². The molecule has 0 radical (unpaired) electrons. The molecule has 1 fully saturated rings. The van der Waals surface area contributed by atoms with Gasteiger partial charge in [0, 0.05) is 30.5 Å². The Balaban J connectivity index is 1.29. The number of hydrogen-bond acceptors (Lipinski definition) is 5. The first-order valence-corrected chi connectivity index (χ1v) is 13.0. The molecule has 37 heavy (non-hydrogen) atoms. The van der Waals surface area contributed by atoms with Gasteiger partial charge in [0.15, 0.2) is 0 Å². The summed E-state index contributed by atoms with van der Waals surface area (Å²) >= 11 is 0. The standard InChI is InChI=1S/C30H39N3O4/c1-21-16-25(31-28(17-21)33-22(2)10-11-23(33)3)20-36-27-9-7-8-26(18-27)35-19-24-12-14-32(15-13-24)29(34)37-30(4,5)6/h7-11,16-18,24H,12-15,19-20H2,1-6H3. The lowest BCUT2D eigenvalue weighted by atomic mass is 9.98. The molecule has 1 aliphatic rings. The van der Waals surface area contributed by atoms with E-state index in [1.54, 1.807) is 4.90 Å². The molecule has 2 aromatic heterocycles. The van der Waals surface area contributed by atoms with Crippen LogP contribution in [-0.4, -0.2) is 45.8 Å². The number of hydrogen-bond donors (Lipinski definition) is 0. The molecule has 198 valence electrons.